The fraction of sp³-hybridized carbons (Fsp3) is 0.481. The zero-order valence-corrected chi connectivity index (χ0v) is 18.9. The molecule has 164 valence electrons. The van der Waals surface area contributed by atoms with Crippen LogP contribution in [0.25, 0.3) is 11.6 Å². The van der Waals surface area contributed by atoms with Crippen LogP contribution in [0.1, 0.15) is 43.4 Å². The van der Waals surface area contributed by atoms with Crippen LogP contribution in [0.15, 0.2) is 42.5 Å². The molecule has 0 N–H and O–H groups in total. The van der Waals surface area contributed by atoms with Gasteiger partial charge in [0.15, 0.2) is 0 Å². The molecule has 0 aromatic heterocycles. The molecule has 2 saturated heterocycles. The van der Waals surface area contributed by atoms with Gasteiger partial charge >= 0.3 is 0 Å². The molecule has 2 heterocycles. The van der Waals surface area contributed by atoms with Gasteiger partial charge in [0.05, 0.1) is 0 Å². The lowest BCUT2D eigenvalue weighted by Gasteiger charge is -2.44. The first-order chi connectivity index (χ1) is 15.1. The fourth-order valence-electron chi connectivity index (χ4n) is 5.50. The smallest absolute Gasteiger partial charge is 0.123 e. The number of rotatable bonds is 4. The minimum absolute atomic E-state index is 0.154. The molecular weight excluding hydrogens is 385 g/mol. The zero-order chi connectivity index (χ0) is 21.4. The number of halogens is 1. The van der Waals surface area contributed by atoms with Crippen LogP contribution >= 0.6 is 0 Å². The highest BCUT2D eigenvalue weighted by molar-refractivity contribution is 5.89. The molecule has 2 aromatic carbocycles. The van der Waals surface area contributed by atoms with Crippen molar-refractivity contribution in [3.05, 3.63) is 65.0 Å². The van der Waals surface area contributed by atoms with Gasteiger partial charge in [0.25, 0.3) is 0 Å². The molecule has 3 nitrogen and oxygen atoms in total. The zero-order valence-electron chi connectivity index (χ0n) is 18.9. The monoisotopic (exact) mass is 419 g/mol. The van der Waals surface area contributed by atoms with E-state index in [9.17, 15) is 4.39 Å². The predicted octanol–water partition coefficient (Wildman–Crippen LogP) is 4.92. The quantitative estimate of drug-likeness (QED) is 0.697. The third-order valence-corrected chi connectivity index (χ3v) is 7.46. The van der Waals surface area contributed by atoms with Crippen molar-refractivity contribution in [1.82, 2.24) is 9.80 Å². The Bertz CT molecular complexity index is 951. The largest absolute Gasteiger partial charge is 0.371 e. The molecular formula is C27H34FN3. The van der Waals surface area contributed by atoms with Crippen molar-refractivity contribution in [3.63, 3.8) is 0 Å². The fourth-order valence-corrected chi connectivity index (χ4v) is 5.50. The summed E-state index contributed by atoms with van der Waals surface area (Å²) in [5.41, 5.74) is 6.13. The molecule has 4 heteroatoms. The molecule has 0 radical (unpaired) electrons. The summed E-state index contributed by atoms with van der Waals surface area (Å²) in [6.45, 7) is 11.7. The van der Waals surface area contributed by atoms with Crippen LogP contribution in [0.2, 0.25) is 0 Å². The van der Waals surface area contributed by atoms with E-state index >= 15 is 0 Å². The summed E-state index contributed by atoms with van der Waals surface area (Å²) in [6.07, 6.45) is 5.54. The number of piperazine rings is 1. The molecule has 5 rings (SSSR count). The Morgan fingerprint density at radius 2 is 1.68 bits per heavy atom. The van der Waals surface area contributed by atoms with Crippen molar-refractivity contribution < 1.29 is 4.39 Å². The van der Waals surface area contributed by atoms with E-state index in [0.717, 1.165) is 31.1 Å². The molecule has 3 aliphatic rings. The Labute approximate surface area is 186 Å². The van der Waals surface area contributed by atoms with E-state index in [-0.39, 0.29) is 5.82 Å². The van der Waals surface area contributed by atoms with Gasteiger partial charge in [-0.15, -0.1) is 0 Å². The van der Waals surface area contributed by atoms with E-state index in [0.29, 0.717) is 6.04 Å². The summed E-state index contributed by atoms with van der Waals surface area (Å²) in [7, 11) is 0. The third kappa shape index (κ3) is 4.42. The summed E-state index contributed by atoms with van der Waals surface area (Å²) in [5, 5.41) is 0. The van der Waals surface area contributed by atoms with E-state index in [1.807, 2.05) is 6.07 Å². The average Bonchev–Trinajstić information content (AvgIpc) is 3.23. The van der Waals surface area contributed by atoms with Crippen LogP contribution in [0.4, 0.5) is 10.1 Å². The van der Waals surface area contributed by atoms with Crippen molar-refractivity contribution in [2.75, 3.05) is 44.2 Å². The van der Waals surface area contributed by atoms with E-state index in [1.54, 1.807) is 12.1 Å². The first-order valence-electron chi connectivity index (χ1n) is 11.9. The van der Waals surface area contributed by atoms with E-state index in [4.69, 9.17) is 0 Å². The molecule has 0 saturated carbocycles. The molecule has 2 aliphatic heterocycles. The lowest BCUT2D eigenvalue weighted by molar-refractivity contribution is 0.0692. The minimum atomic E-state index is -0.154. The normalized spacial score (nSPS) is 20.9. The Hall–Kier alpha value is -2.17. The molecule has 2 aromatic rings. The van der Waals surface area contributed by atoms with Crippen molar-refractivity contribution >= 4 is 17.3 Å². The second-order valence-electron chi connectivity index (χ2n) is 9.62. The van der Waals surface area contributed by atoms with Gasteiger partial charge in [-0.1, -0.05) is 24.3 Å². The van der Waals surface area contributed by atoms with Gasteiger partial charge in [-0.05, 0) is 79.6 Å². The number of hydrogen-bond acceptors (Lipinski definition) is 3. The third-order valence-electron chi connectivity index (χ3n) is 7.46. The van der Waals surface area contributed by atoms with Crippen LogP contribution in [-0.4, -0.2) is 61.2 Å². The second kappa shape index (κ2) is 8.76. The first kappa shape index (κ1) is 20.7. The summed E-state index contributed by atoms with van der Waals surface area (Å²) >= 11 is 0. The molecule has 0 bridgehead atoms. The first-order valence-corrected chi connectivity index (χ1v) is 11.9. The van der Waals surface area contributed by atoms with Gasteiger partial charge in [0, 0.05) is 57.0 Å². The number of hydrogen-bond donors (Lipinski definition) is 0. The molecule has 0 spiro atoms. The second-order valence-corrected chi connectivity index (χ2v) is 9.62. The Balaban J connectivity index is 1.21. The summed E-state index contributed by atoms with van der Waals surface area (Å²) in [6, 6.07) is 15.5. The van der Waals surface area contributed by atoms with Crippen LogP contribution in [0.3, 0.4) is 0 Å². The molecule has 1 aliphatic carbocycles. The van der Waals surface area contributed by atoms with Crippen molar-refractivity contribution in [2.24, 2.45) is 0 Å². The minimum Gasteiger partial charge on any atom is -0.371 e. The Kier molecular flexibility index (Phi) is 5.85. The number of allylic oxidation sites excluding steroid dienone is 1. The lowest BCUT2D eigenvalue weighted by atomic mass is 9.99. The van der Waals surface area contributed by atoms with Crippen LogP contribution in [0, 0.1) is 5.82 Å². The van der Waals surface area contributed by atoms with Gasteiger partial charge in [-0.2, -0.15) is 0 Å². The lowest BCUT2D eigenvalue weighted by Crippen LogP contribution is -2.54. The van der Waals surface area contributed by atoms with E-state index < -0.39 is 0 Å². The highest BCUT2D eigenvalue weighted by Gasteiger charge is 2.28. The van der Waals surface area contributed by atoms with Gasteiger partial charge in [-0.25, -0.2) is 4.39 Å². The highest BCUT2D eigenvalue weighted by atomic mass is 19.1. The van der Waals surface area contributed by atoms with Gasteiger partial charge in [0.1, 0.15) is 5.82 Å². The Morgan fingerprint density at radius 1 is 0.903 bits per heavy atom. The van der Waals surface area contributed by atoms with E-state index in [2.05, 4.69) is 58.9 Å². The molecule has 0 amide bonds. The molecule has 31 heavy (non-hydrogen) atoms. The molecule has 2 fully saturated rings. The summed E-state index contributed by atoms with van der Waals surface area (Å²) in [5.74, 6) is -0.154. The summed E-state index contributed by atoms with van der Waals surface area (Å²) in [4.78, 5) is 7.88. The maximum absolute atomic E-state index is 13.6. The van der Waals surface area contributed by atoms with Crippen molar-refractivity contribution in [1.29, 1.82) is 0 Å². The van der Waals surface area contributed by atoms with Crippen LogP contribution in [-0.2, 0) is 6.42 Å². The number of benzene rings is 2. The predicted molar refractivity (Wildman–Crippen MR) is 128 cm³/mol. The van der Waals surface area contributed by atoms with E-state index in [1.165, 1.54) is 61.4 Å². The highest BCUT2D eigenvalue weighted by Crippen LogP contribution is 2.34. The molecule has 0 unspecified atom stereocenters. The maximum Gasteiger partial charge on any atom is 0.123 e. The number of nitrogens with zero attached hydrogens (tertiary/aromatic N) is 3. The van der Waals surface area contributed by atoms with Crippen LogP contribution < -0.4 is 4.90 Å². The molecule has 0 atom stereocenters. The van der Waals surface area contributed by atoms with Crippen molar-refractivity contribution in [3.8, 4) is 0 Å². The standard InChI is InChI=1S/C27H34FN3/c1-20(2)29-12-14-31(15-13-29)26-8-10-30(11-9-26)27-5-3-4-21(19-27)23-16-22-6-7-25(28)18-24(22)17-23/h3-7,17-20,26H,8-16H2,1-2H3. The maximum atomic E-state index is 13.6. The average molecular weight is 420 g/mol. The summed E-state index contributed by atoms with van der Waals surface area (Å²) < 4.78 is 13.6. The number of fused-ring (bicyclic) bond motifs is 1. The van der Waals surface area contributed by atoms with Crippen LogP contribution in [0.5, 0.6) is 0 Å². The van der Waals surface area contributed by atoms with Crippen molar-refractivity contribution in [2.45, 2.75) is 45.2 Å². The van der Waals surface area contributed by atoms with Gasteiger partial charge in [0.2, 0.25) is 0 Å². The number of piperidine rings is 1. The topological polar surface area (TPSA) is 9.72 Å². The van der Waals surface area contributed by atoms with Gasteiger partial charge < -0.3 is 4.90 Å². The number of anilines is 1. The Morgan fingerprint density at radius 3 is 2.42 bits per heavy atom. The SMILES string of the molecule is CC(C)N1CCN(C2CCN(c3cccc(C4=Cc5cc(F)ccc5C4)c3)CC2)CC1. The van der Waals surface area contributed by atoms with Gasteiger partial charge in [-0.3, -0.25) is 9.80 Å².